The fourth-order valence-corrected chi connectivity index (χ4v) is 3.66. The van der Waals surface area contributed by atoms with Crippen LogP contribution in [-0.2, 0) is 0 Å². The molecule has 0 aromatic heterocycles. The lowest BCUT2D eigenvalue weighted by Gasteiger charge is -2.28. The van der Waals surface area contributed by atoms with Gasteiger partial charge in [-0.05, 0) is 59.8 Å². The molecule has 1 fully saturated rings. The Bertz CT molecular complexity index is 610. The lowest BCUT2D eigenvalue weighted by Crippen LogP contribution is -2.12. The van der Waals surface area contributed by atoms with Gasteiger partial charge in [0, 0.05) is 0 Å². The van der Waals surface area contributed by atoms with Crippen molar-refractivity contribution in [3.05, 3.63) is 66.2 Å². The molecular formula is C25H34. The Morgan fingerprint density at radius 2 is 1.28 bits per heavy atom. The smallest absolute Gasteiger partial charge is 0.0162 e. The zero-order valence-electron chi connectivity index (χ0n) is 16.3. The SMILES string of the molecule is C=Cc1ccc(-c2ccc(C3CCC(CC)CC3)cc2)cc1.CCC. The van der Waals surface area contributed by atoms with Crippen LogP contribution in [0, 0.1) is 5.92 Å². The Hall–Kier alpha value is -1.82. The van der Waals surface area contributed by atoms with Gasteiger partial charge in [-0.15, -0.1) is 0 Å². The van der Waals surface area contributed by atoms with E-state index in [2.05, 4.69) is 75.9 Å². The minimum atomic E-state index is 0.778. The van der Waals surface area contributed by atoms with Crippen LogP contribution in [0.5, 0.6) is 0 Å². The Morgan fingerprint density at radius 1 is 0.800 bits per heavy atom. The Labute approximate surface area is 155 Å². The van der Waals surface area contributed by atoms with Crippen molar-refractivity contribution in [1.82, 2.24) is 0 Å². The van der Waals surface area contributed by atoms with E-state index in [1.165, 1.54) is 60.8 Å². The molecule has 2 aromatic rings. The van der Waals surface area contributed by atoms with E-state index in [9.17, 15) is 0 Å². The van der Waals surface area contributed by atoms with Crippen molar-refractivity contribution in [1.29, 1.82) is 0 Å². The molecule has 134 valence electrons. The second kappa shape index (κ2) is 10.2. The van der Waals surface area contributed by atoms with Crippen LogP contribution in [0.15, 0.2) is 55.1 Å². The lowest BCUT2D eigenvalue weighted by atomic mass is 9.77. The summed E-state index contributed by atoms with van der Waals surface area (Å²) >= 11 is 0. The summed E-state index contributed by atoms with van der Waals surface area (Å²) in [7, 11) is 0. The quantitative estimate of drug-likeness (QED) is 0.530. The van der Waals surface area contributed by atoms with Crippen molar-refractivity contribution in [3.63, 3.8) is 0 Å². The zero-order valence-corrected chi connectivity index (χ0v) is 16.3. The lowest BCUT2D eigenvalue weighted by molar-refractivity contribution is 0.319. The van der Waals surface area contributed by atoms with Gasteiger partial charge in [0.1, 0.15) is 0 Å². The average molecular weight is 335 g/mol. The molecule has 0 heteroatoms. The van der Waals surface area contributed by atoms with Gasteiger partial charge in [0.15, 0.2) is 0 Å². The summed E-state index contributed by atoms with van der Waals surface area (Å²) in [6.07, 6.45) is 10.0. The van der Waals surface area contributed by atoms with E-state index >= 15 is 0 Å². The highest BCUT2D eigenvalue weighted by atomic mass is 14.3. The molecule has 0 N–H and O–H groups in total. The molecule has 25 heavy (non-hydrogen) atoms. The maximum absolute atomic E-state index is 3.81. The molecule has 1 saturated carbocycles. The van der Waals surface area contributed by atoms with E-state index in [1.54, 1.807) is 0 Å². The molecule has 1 aliphatic carbocycles. The van der Waals surface area contributed by atoms with Crippen LogP contribution in [-0.4, -0.2) is 0 Å². The van der Waals surface area contributed by atoms with E-state index in [1.807, 2.05) is 6.08 Å². The minimum absolute atomic E-state index is 0.778. The average Bonchev–Trinajstić information content (AvgIpc) is 2.69. The van der Waals surface area contributed by atoms with Crippen LogP contribution < -0.4 is 0 Å². The minimum Gasteiger partial charge on any atom is -0.0985 e. The van der Waals surface area contributed by atoms with Crippen LogP contribution in [0.2, 0.25) is 0 Å². The molecule has 0 aliphatic heterocycles. The van der Waals surface area contributed by atoms with Crippen LogP contribution in [0.1, 0.15) is 76.3 Å². The first kappa shape index (κ1) is 19.5. The Morgan fingerprint density at radius 3 is 1.72 bits per heavy atom. The van der Waals surface area contributed by atoms with Crippen LogP contribution in [0.4, 0.5) is 0 Å². The number of hydrogen-bond acceptors (Lipinski definition) is 0. The molecule has 0 nitrogen and oxygen atoms in total. The van der Waals surface area contributed by atoms with Crippen molar-refractivity contribution >= 4 is 6.08 Å². The van der Waals surface area contributed by atoms with Crippen molar-refractivity contribution < 1.29 is 0 Å². The zero-order chi connectivity index (χ0) is 18.1. The summed E-state index contributed by atoms with van der Waals surface area (Å²) in [5.41, 5.74) is 5.29. The third kappa shape index (κ3) is 5.59. The summed E-state index contributed by atoms with van der Waals surface area (Å²) in [6.45, 7) is 10.4. The Balaban J connectivity index is 0.000000701. The van der Waals surface area contributed by atoms with Gasteiger partial charge in [-0.25, -0.2) is 0 Å². The van der Waals surface area contributed by atoms with Gasteiger partial charge < -0.3 is 0 Å². The number of rotatable bonds is 4. The van der Waals surface area contributed by atoms with Crippen molar-refractivity contribution in [3.8, 4) is 11.1 Å². The first-order chi connectivity index (χ1) is 12.2. The van der Waals surface area contributed by atoms with Crippen LogP contribution in [0.3, 0.4) is 0 Å². The van der Waals surface area contributed by atoms with Crippen molar-refractivity contribution in [2.75, 3.05) is 0 Å². The van der Waals surface area contributed by atoms with Gasteiger partial charge >= 0.3 is 0 Å². The topological polar surface area (TPSA) is 0 Å². The first-order valence-electron chi connectivity index (χ1n) is 10.0. The van der Waals surface area contributed by atoms with Crippen LogP contribution >= 0.6 is 0 Å². The molecule has 1 aliphatic rings. The molecule has 0 saturated heterocycles. The highest BCUT2D eigenvalue weighted by molar-refractivity contribution is 5.65. The molecule has 0 radical (unpaired) electrons. The molecule has 0 atom stereocenters. The maximum atomic E-state index is 3.81. The van der Waals surface area contributed by atoms with E-state index in [0.717, 1.165) is 11.8 Å². The standard InChI is InChI=1S/C22H26.C3H8/c1-3-17-5-9-19(10-6-17)21-13-15-22(16-14-21)20-11-7-18(4-2)8-12-20;1-3-2/h3,5-6,9-10,13-16,18,20H,1,4,7-8,11-12H2,2H3;3H2,1-2H3. The molecular weight excluding hydrogens is 300 g/mol. The number of hydrogen-bond donors (Lipinski definition) is 0. The molecule has 3 rings (SSSR count). The van der Waals surface area contributed by atoms with Gasteiger partial charge in [0.05, 0.1) is 0 Å². The summed E-state index contributed by atoms with van der Waals surface area (Å²) in [5.74, 6) is 1.75. The molecule has 0 unspecified atom stereocenters. The van der Waals surface area contributed by atoms with Gasteiger partial charge in [0.2, 0.25) is 0 Å². The molecule has 0 amide bonds. The highest BCUT2D eigenvalue weighted by Gasteiger charge is 2.21. The van der Waals surface area contributed by atoms with E-state index in [4.69, 9.17) is 0 Å². The number of benzene rings is 2. The second-order valence-electron chi connectivity index (χ2n) is 7.28. The third-order valence-electron chi connectivity index (χ3n) is 5.29. The van der Waals surface area contributed by atoms with Gasteiger partial charge in [-0.2, -0.15) is 0 Å². The summed E-state index contributed by atoms with van der Waals surface area (Å²) in [5, 5.41) is 0. The summed E-state index contributed by atoms with van der Waals surface area (Å²) in [6, 6.07) is 17.9. The fraction of sp³-hybridized carbons (Fsp3) is 0.440. The normalized spacial score (nSPS) is 19.6. The van der Waals surface area contributed by atoms with E-state index in [-0.39, 0.29) is 0 Å². The summed E-state index contributed by atoms with van der Waals surface area (Å²) < 4.78 is 0. The fourth-order valence-electron chi connectivity index (χ4n) is 3.66. The highest BCUT2D eigenvalue weighted by Crippen LogP contribution is 2.37. The molecule has 0 heterocycles. The predicted octanol–water partition coefficient (Wildman–Crippen LogP) is 8.10. The van der Waals surface area contributed by atoms with Crippen molar-refractivity contribution in [2.24, 2.45) is 5.92 Å². The second-order valence-corrected chi connectivity index (χ2v) is 7.28. The third-order valence-corrected chi connectivity index (χ3v) is 5.29. The maximum Gasteiger partial charge on any atom is -0.0162 e. The van der Waals surface area contributed by atoms with Gasteiger partial charge in [0.25, 0.3) is 0 Å². The molecule has 2 aromatic carbocycles. The largest absolute Gasteiger partial charge is 0.0985 e. The van der Waals surface area contributed by atoms with Crippen LogP contribution in [0.25, 0.3) is 17.2 Å². The molecule has 0 spiro atoms. The van der Waals surface area contributed by atoms with Gasteiger partial charge in [-0.3, -0.25) is 0 Å². The Kier molecular flexibility index (Phi) is 7.98. The first-order valence-corrected chi connectivity index (χ1v) is 10.0. The van der Waals surface area contributed by atoms with E-state index < -0.39 is 0 Å². The van der Waals surface area contributed by atoms with E-state index in [0.29, 0.717) is 0 Å². The van der Waals surface area contributed by atoms with Crippen molar-refractivity contribution in [2.45, 2.75) is 65.2 Å². The summed E-state index contributed by atoms with van der Waals surface area (Å²) in [4.78, 5) is 0. The van der Waals surface area contributed by atoms with Gasteiger partial charge in [-0.1, -0.05) is 94.8 Å². The molecule has 0 bridgehead atoms. The monoisotopic (exact) mass is 334 g/mol. The predicted molar refractivity (Wildman–Crippen MR) is 113 cm³/mol.